The molecule has 0 aliphatic carbocycles. The number of ether oxygens (including phenoxy) is 1. The molecule has 0 spiro atoms. The average molecular weight is 235 g/mol. The Labute approximate surface area is 98.6 Å². The fraction of sp³-hybridized carbons (Fsp3) is 0.333. The molecule has 1 aromatic carbocycles. The lowest BCUT2D eigenvalue weighted by Crippen LogP contribution is -2.39. The summed E-state index contributed by atoms with van der Waals surface area (Å²) >= 11 is 0. The van der Waals surface area contributed by atoms with E-state index in [1.54, 1.807) is 12.1 Å². The summed E-state index contributed by atoms with van der Waals surface area (Å²) in [7, 11) is 0. The minimum Gasteiger partial charge on any atom is -0.478 e. The van der Waals surface area contributed by atoms with Gasteiger partial charge in [-0.1, -0.05) is 18.2 Å². The van der Waals surface area contributed by atoms with Crippen molar-refractivity contribution in [1.29, 1.82) is 0 Å². The van der Waals surface area contributed by atoms with Gasteiger partial charge in [0.1, 0.15) is 0 Å². The number of carboxylic acids is 1. The lowest BCUT2D eigenvalue weighted by atomic mass is 10.1. The van der Waals surface area contributed by atoms with Crippen molar-refractivity contribution in [3.05, 3.63) is 29.8 Å². The zero-order valence-corrected chi connectivity index (χ0v) is 9.64. The number of benzene rings is 1. The zero-order valence-electron chi connectivity index (χ0n) is 9.64. The lowest BCUT2D eigenvalue weighted by molar-refractivity contribution is -0.152. The third-order valence-corrected chi connectivity index (χ3v) is 2.85. The summed E-state index contributed by atoms with van der Waals surface area (Å²) in [4.78, 5) is 24.1. The van der Waals surface area contributed by atoms with Gasteiger partial charge in [-0.15, -0.1) is 0 Å². The highest BCUT2D eigenvalue weighted by Crippen LogP contribution is 2.29. The van der Waals surface area contributed by atoms with E-state index in [1.807, 2.05) is 19.1 Å². The topological polar surface area (TPSA) is 66.8 Å². The fourth-order valence-electron chi connectivity index (χ4n) is 1.81. The number of aliphatic carboxylic acids is 1. The van der Waals surface area contributed by atoms with Gasteiger partial charge in [-0.25, -0.2) is 9.59 Å². The van der Waals surface area contributed by atoms with Gasteiger partial charge in [0, 0.05) is 0 Å². The molecule has 90 valence electrons. The minimum absolute atomic E-state index is 0.0199. The van der Waals surface area contributed by atoms with Crippen LogP contribution in [0.4, 0.5) is 10.5 Å². The van der Waals surface area contributed by atoms with Gasteiger partial charge >= 0.3 is 12.1 Å². The molecule has 2 rings (SSSR count). The van der Waals surface area contributed by atoms with Gasteiger partial charge in [0.15, 0.2) is 0 Å². The molecule has 1 aliphatic heterocycles. The number of para-hydroxylation sites is 1. The molecule has 1 saturated heterocycles. The monoisotopic (exact) mass is 235 g/mol. The van der Waals surface area contributed by atoms with Gasteiger partial charge in [0.25, 0.3) is 0 Å². The van der Waals surface area contributed by atoms with Crippen molar-refractivity contribution in [2.75, 3.05) is 11.4 Å². The zero-order chi connectivity index (χ0) is 12.6. The number of rotatable bonds is 2. The highest BCUT2D eigenvalue weighted by molar-refractivity contribution is 5.96. The van der Waals surface area contributed by atoms with E-state index in [1.165, 1.54) is 11.8 Å². The molecule has 5 heteroatoms. The molecule has 1 N–H and O–H groups in total. The van der Waals surface area contributed by atoms with Gasteiger partial charge in [0.2, 0.25) is 5.60 Å². The standard InChI is InChI=1S/C12H13NO4/c1-8-5-3-4-6-9(8)13-7-12(2,10(14)15)17-11(13)16/h3-6H,7H2,1-2H3,(H,14,15). The van der Waals surface area contributed by atoms with Crippen LogP contribution in [0.5, 0.6) is 0 Å². The molecule has 0 saturated carbocycles. The number of anilines is 1. The third-order valence-electron chi connectivity index (χ3n) is 2.85. The molecule has 0 radical (unpaired) electrons. The van der Waals surface area contributed by atoms with E-state index in [0.717, 1.165) is 5.56 Å². The Morgan fingerprint density at radius 3 is 2.65 bits per heavy atom. The number of carboxylic acid groups (broad SMARTS) is 1. The largest absolute Gasteiger partial charge is 0.478 e. The second kappa shape index (κ2) is 3.76. The maximum Gasteiger partial charge on any atom is 0.415 e. The van der Waals surface area contributed by atoms with E-state index in [4.69, 9.17) is 9.84 Å². The number of aryl methyl sites for hydroxylation is 1. The van der Waals surface area contributed by atoms with Crippen LogP contribution in [0.15, 0.2) is 24.3 Å². The van der Waals surface area contributed by atoms with Gasteiger partial charge in [-0.3, -0.25) is 4.90 Å². The van der Waals surface area contributed by atoms with E-state index in [-0.39, 0.29) is 6.54 Å². The first-order valence-electron chi connectivity index (χ1n) is 5.23. The number of carbonyl (C=O) groups excluding carboxylic acids is 1. The maximum atomic E-state index is 11.7. The Hall–Kier alpha value is -2.04. The van der Waals surface area contributed by atoms with Crippen molar-refractivity contribution in [2.45, 2.75) is 19.4 Å². The normalized spacial score (nSPS) is 23.6. The second-order valence-corrected chi connectivity index (χ2v) is 4.28. The summed E-state index contributed by atoms with van der Waals surface area (Å²) < 4.78 is 4.92. The van der Waals surface area contributed by atoms with Crippen LogP contribution in [-0.2, 0) is 9.53 Å². The predicted molar refractivity (Wildman–Crippen MR) is 61.0 cm³/mol. The van der Waals surface area contributed by atoms with E-state index in [2.05, 4.69) is 0 Å². The lowest BCUT2D eigenvalue weighted by Gasteiger charge is -2.17. The van der Waals surface area contributed by atoms with Gasteiger partial charge in [-0.05, 0) is 25.5 Å². The molecule has 0 aromatic heterocycles. The number of cyclic esters (lactones) is 1. The Balaban J connectivity index is 2.34. The van der Waals surface area contributed by atoms with Gasteiger partial charge in [0.05, 0.1) is 12.2 Å². The first-order valence-corrected chi connectivity index (χ1v) is 5.23. The molecule has 1 unspecified atom stereocenters. The van der Waals surface area contributed by atoms with Gasteiger partial charge < -0.3 is 9.84 Å². The van der Waals surface area contributed by atoms with E-state index < -0.39 is 17.7 Å². The molecule has 0 bridgehead atoms. The summed E-state index contributed by atoms with van der Waals surface area (Å²) in [5.41, 5.74) is 0.112. The first kappa shape index (κ1) is 11.4. The molecule has 1 atom stereocenters. The maximum absolute atomic E-state index is 11.7. The quantitative estimate of drug-likeness (QED) is 0.848. The SMILES string of the molecule is Cc1ccccc1N1CC(C)(C(=O)O)OC1=O. The Bertz CT molecular complexity index is 485. The molecule has 1 aliphatic rings. The van der Waals surface area contributed by atoms with Crippen molar-refractivity contribution in [2.24, 2.45) is 0 Å². The summed E-state index contributed by atoms with van der Waals surface area (Å²) in [6, 6.07) is 7.28. The second-order valence-electron chi connectivity index (χ2n) is 4.28. The van der Waals surface area contributed by atoms with Crippen LogP contribution < -0.4 is 4.90 Å². The number of nitrogens with zero attached hydrogens (tertiary/aromatic N) is 1. The van der Waals surface area contributed by atoms with Crippen LogP contribution in [0.2, 0.25) is 0 Å². The Morgan fingerprint density at radius 2 is 2.12 bits per heavy atom. The van der Waals surface area contributed by atoms with E-state index >= 15 is 0 Å². The Kier molecular flexibility index (Phi) is 2.53. The van der Waals surface area contributed by atoms with Crippen molar-refractivity contribution >= 4 is 17.7 Å². The predicted octanol–water partition coefficient (Wildman–Crippen LogP) is 1.79. The third kappa shape index (κ3) is 1.84. The van der Waals surface area contributed by atoms with Gasteiger partial charge in [-0.2, -0.15) is 0 Å². The van der Waals surface area contributed by atoms with Crippen LogP contribution in [0, 0.1) is 6.92 Å². The highest BCUT2D eigenvalue weighted by Gasteiger charge is 2.48. The van der Waals surface area contributed by atoms with Crippen molar-refractivity contribution in [3.8, 4) is 0 Å². The first-order chi connectivity index (χ1) is 7.94. The van der Waals surface area contributed by atoms with Crippen LogP contribution in [0.25, 0.3) is 0 Å². The average Bonchev–Trinajstić information content (AvgIpc) is 2.56. The molecule has 1 amide bonds. The minimum atomic E-state index is -1.47. The molecular formula is C12H13NO4. The molecule has 1 aromatic rings. The summed E-state index contributed by atoms with van der Waals surface area (Å²) in [6.45, 7) is 3.27. The number of amides is 1. The van der Waals surface area contributed by atoms with Crippen molar-refractivity contribution in [1.82, 2.24) is 0 Å². The number of hydrogen-bond donors (Lipinski definition) is 1. The fourth-order valence-corrected chi connectivity index (χ4v) is 1.81. The number of hydrogen-bond acceptors (Lipinski definition) is 3. The smallest absolute Gasteiger partial charge is 0.415 e. The van der Waals surface area contributed by atoms with Crippen LogP contribution in [-0.4, -0.2) is 29.3 Å². The highest BCUT2D eigenvalue weighted by atomic mass is 16.6. The summed E-state index contributed by atoms with van der Waals surface area (Å²) in [6.07, 6.45) is -0.621. The van der Waals surface area contributed by atoms with E-state index in [9.17, 15) is 9.59 Å². The van der Waals surface area contributed by atoms with Crippen LogP contribution in [0.3, 0.4) is 0 Å². The molecule has 1 fully saturated rings. The summed E-state index contributed by atoms with van der Waals surface area (Å²) in [5.74, 6) is -1.14. The molecule has 5 nitrogen and oxygen atoms in total. The Morgan fingerprint density at radius 1 is 1.47 bits per heavy atom. The molecule has 1 heterocycles. The van der Waals surface area contributed by atoms with Crippen molar-refractivity contribution in [3.63, 3.8) is 0 Å². The van der Waals surface area contributed by atoms with Crippen molar-refractivity contribution < 1.29 is 19.4 Å². The van der Waals surface area contributed by atoms with Crippen LogP contribution in [0.1, 0.15) is 12.5 Å². The number of carbonyl (C=O) groups is 2. The molecule has 17 heavy (non-hydrogen) atoms. The van der Waals surface area contributed by atoms with Crippen LogP contribution >= 0.6 is 0 Å². The summed E-state index contributed by atoms with van der Waals surface area (Å²) in [5, 5.41) is 9.02. The molecular weight excluding hydrogens is 222 g/mol. The van der Waals surface area contributed by atoms with E-state index in [0.29, 0.717) is 5.69 Å².